The highest BCUT2D eigenvalue weighted by atomic mass is 79.9. The van der Waals surface area contributed by atoms with Crippen molar-refractivity contribution < 1.29 is 19.1 Å². The van der Waals surface area contributed by atoms with Gasteiger partial charge in [-0.05, 0) is 25.5 Å². The second-order valence-electron chi connectivity index (χ2n) is 6.18. The average molecular weight is 432 g/mol. The van der Waals surface area contributed by atoms with Crippen molar-refractivity contribution in [1.29, 1.82) is 5.26 Å². The molecule has 7 nitrogen and oxygen atoms in total. The van der Waals surface area contributed by atoms with E-state index in [2.05, 4.69) is 21.2 Å². The van der Waals surface area contributed by atoms with E-state index >= 15 is 0 Å². The zero-order valence-corrected chi connectivity index (χ0v) is 16.7. The molecule has 2 aliphatic rings. The number of esters is 1. The van der Waals surface area contributed by atoms with Gasteiger partial charge in [0.25, 0.3) is 0 Å². The SMILES string of the molecule is CCOC(=O)C1=C(CC)OC(N)=C(C#N)[C@@]12C(=O)Nc1cc(Br)c(C)cc12. The smallest absolute Gasteiger partial charge is 0.339 e. The molecule has 1 aromatic rings. The van der Waals surface area contributed by atoms with Crippen LogP contribution in [-0.4, -0.2) is 18.5 Å². The Balaban J connectivity index is 2.44. The van der Waals surface area contributed by atoms with E-state index in [4.69, 9.17) is 15.2 Å². The van der Waals surface area contributed by atoms with E-state index < -0.39 is 17.3 Å². The summed E-state index contributed by atoms with van der Waals surface area (Å²) in [5.41, 5.74) is 5.98. The maximum absolute atomic E-state index is 13.3. The quantitative estimate of drug-likeness (QED) is 0.710. The Bertz CT molecular complexity index is 974. The van der Waals surface area contributed by atoms with E-state index in [-0.39, 0.29) is 29.4 Å². The van der Waals surface area contributed by atoms with Gasteiger partial charge in [-0.1, -0.05) is 28.9 Å². The minimum Gasteiger partial charge on any atom is -0.462 e. The third kappa shape index (κ3) is 2.53. The fraction of sp³-hybridized carbons (Fsp3) is 0.316. The standard InChI is InChI=1S/C19H18BrN3O4/c1-4-14-15(17(24)26-5-2)19(11(8-21)16(22)27-14)10-6-9(3)12(20)7-13(10)23-18(19)25/h6-7H,4-5,22H2,1-3H3,(H,23,25)/t19-/m1/s1. The summed E-state index contributed by atoms with van der Waals surface area (Å²) < 4.78 is 11.5. The number of rotatable bonds is 3. The molecule has 0 saturated carbocycles. The summed E-state index contributed by atoms with van der Waals surface area (Å²) in [7, 11) is 0. The first-order chi connectivity index (χ1) is 12.8. The number of nitrogens with one attached hydrogen (secondary N) is 1. The number of aryl methyl sites for hydroxylation is 1. The molecule has 1 atom stereocenters. The van der Waals surface area contributed by atoms with Gasteiger partial charge in [0.05, 0.1) is 6.61 Å². The van der Waals surface area contributed by atoms with Crippen molar-refractivity contribution in [1.82, 2.24) is 0 Å². The molecule has 0 bridgehead atoms. The van der Waals surface area contributed by atoms with Crippen molar-refractivity contribution in [3.63, 3.8) is 0 Å². The van der Waals surface area contributed by atoms with Crippen LogP contribution in [-0.2, 0) is 24.5 Å². The number of carbonyl (C=O) groups excluding carboxylic acids is 2. The van der Waals surface area contributed by atoms with Gasteiger partial charge in [-0.25, -0.2) is 4.79 Å². The third-order valence-electron chi connectivity index (χ3n) is 4.71. The van der Waals surface area contributed by atoms with Gasteiger partial charge in [0.2, 0.25) is 11.8 Å². The van der Waals surface area contributed by atoms with Gasteiger partial charge in [-0.2, -0.15) is 5.26 Å². The summed E-state index contributed by atoms with van der Waals surface area (Å²) in [5.74, 6) is -1.22. The lowest BCUT2D eigenvalue weighted by atomic mass is 9.67. The zero-order chi connectivity index (χ0) is 19.9. The molecule has 0 aromatic heterocycles. The lowest BCUT2D eigenvalue weighted by Crippen LogP contribution is -2.46. The van der Waals surface area contributed by atoms with Crippen molar-refractivity contribution in [3.8, 4) is 6.07 Å². The van der Waals surface area contributed by atoms with Gasteiger partial charge >= 0.3 is 5.97 Å². The minimum atomic E-state index is -1.70. The number of benzene rings is 1. The molecule has 8 heteroatoms. The summed E-state index contributed by atoms with van der Waals surface area (Å²) in [5, 5.41) is 12.6. The number of nitrogens with zero attached hydrogens (tertiary/aromatic N) is 1. The Hall–Kier alpha value is -2.79. The minimum absolute atomic E-state index is 0.00410. The average Bonchev–Trinajstić information content (AvgIpc) is 2.87. The fourth-order valence-corrected chi connectivity index (χ4v) is 3.89. The Morgan fingerprint density at radius 1 is 1.44 bits per heavy atom. The first-order valence-corrected chi connectivity index (χ1v) is 9.23. The van der Waals surface area contributed by atoms with Crippen LogP contribution >= 0.6 is 15.9 Å². The normalized spacial score (nSPS) is 20.9. The Kier molecular flexibility index (Phi) is 4.74. The number of hydrogen-bond donors (Lipinski definition) is 2. The molecule has 140 valence electrons. The number of allylic oxidation sites excluding steroid dienone is 1. The van der Waals surface area contributed by atoms with Crippen molar-refractivity contribution in [2.45, 2.75) is 32.6 Å². The van der Waals surface area contributed by atoms with Crippen LogP contribution in [0.5, 0.6) is 0 Å². The molecule has 1 aromatic carbocycles. The summed E-state index contributed by atoms with van der Waals surface area (Å²) in [6.07, 6.45) is 0.299. The molecule has 2 heterocycles. The van der Waals surface area contributed by atoms with Gasteiger partial charge in [-0.15, -0.1) is 0 Å². The molecule has 2 aliphatic heterocycles. The number of halogens is 1. The maximum Gasteiger partial charge on any atom is 0.339 e. The molecule has 3 rings (SSSR count). The number of fused-ring (bicyclic) bond motifs is 2. The van der Waals surface area contributed by atoms with Crippen LogP contribution in [0.2, 0.25) is 0 Å². The van der Waals surface area contributed by atoms with Crippen LogP contribution < -0.4 is 11.1 Å². The van der Waals surface area contributed by atoms with Crippen LogP contribution in [0.3, 0.4) is 0 Å². The zero-order valence-electron chi connectivity index (χ0n) is 15.1. The molecule has 0 fully saturated rings. The van der Waals surface area contributed by atoms with Crippen molar-refractivity contribution in [3.05, 3.63) is 50.5 Å². The third-order valence-corrected chi connectivity index (χ3v) is 5.57. The molecule has 1 spiro atoms. The molecular formula is C19H18BrN3O4. The van der Waals surface area contributed by atoms with Gasteiger partial charge in [0, 0.05) is 22.1 Å². The van der Waals surface area contributed by atoms with Gasteiger partial charge in [0.1, 0.15) is 23.0 Å². The van der Waals surface area contributed by atoms with E-state index in [1.165, 1.54) is 0 Å². The first kappa shape index (κ1) is 19.0. The van der Waals surface area contributed by atoms with Crippen LogP contribution in [0.4, 0.5) is 5.69 Å². The Morgan fingerprint density at radius 2 is 2.15 bits per heavy atom. The van der Waals surface area contributed by atoms with Crippen LogP contribution in [0, 0.1) is 18.3 Å². The predicted molar refractivity (Wildman–Crippen MR) is 101 cm³/mol. The van der Waals surface area contributed by atoms with Crippen LogP contribution in [0.25, 0.3) is 0 Å². The van der Waals surface area contributed by atoms with Crippen LogP contribution in [0.1, 0.15) is 31.4 Å². The molecule has 0 aliphatic carbocycles. The highest BCUT2D eigenvalue weighted by Gasteiger charge is 2.60. The number of hydrogen-bond acceptors (Lipinski definition) is 6. The number of nitrogens with two attached hydrogens (primary N) is 1. The number of amides is 1. The highest BCUT2D eigenvalue weighted by molar-refractivity contribution is 9.10. The maximum atomic E-state index is 13.3. The number of nitriles is 1. The van der Waals surface area contributed by atoms with Gasteiger partial charge < -0.3 is 20.5 Å². The Morgan fingerprint density at radius 3 is 2.74 bits per heavy atom. The summed E-state index contributed by atoms with van der Waals surface area (Å²) in [6, 6.07) is 5.48. The molecule has 1 amide bonds. The van der Waals surface area contributed by atoms with E-state index in [1.807, 2.05) is 13.0 Å². The van der Waals surface area contributed by atoms with Gasteiger partial charge in [0.15, 0.2) is 5.41 Å². The first-order valence-electron chi connectivity index (χ1n) is 8.43. The fourth-order valence-electron chi connectivity index (χ4n) is 3.54. The second kappa shape index (κ2) is 6.74. The molecular weight excluding hydrogens is 414 g/mol. The summed E-state index contributed by atoms with van der Waals surface area (Å²) in [6.45, 7) is 5.41. The van der Waals surface area contributed by atoms with E-state index in [0.717, 1.165) is 10.0 Å². The van der Waals surface area contributed by atoms with Gasteiger partial charge in [-0.3, -0.25) is 4.79 Å². The lowest BCUT2D eigenvalue weighted by Gasteiger charge is -2.34. The largest absolute Gasteiger partial charge is 0.462 e. The lowest BCUT2D eigenvalue weighted by molar-refractivity contribution is -0.140. The van der Waals surface area contributed by atoms with Crippen molar-refractivity contribution in [2.75, 3.05) is 11.9 Å². The van der Waals surface area contributed by atoms with Crippen molar-refractivity contribution >= 4 is 33.5 Å². The van der Waals surface area contributed by atoms with E-state index in [1.54, 1.807) is 26.0 Å². The Labute approximate surface area is 164 Å². The summed E-state index contributed by atoms with van der Waals surface area (Å²) in [4.78, 5) is 26.1. The molecule has 0 saturated heterocycles. The van der Waals surface area contributed by atoms with Crippen LogP contribution in [0.15, 0.2) is 39.4 Å². The highest BCUT2D eigenvalue weighted by Crippen LogP contribution is 2.53. The molecule has 0 unspecified atom stereocenters. The molecule has 0 radical (unpaired) electrons. The second-order valence-corrected chi connectivity index (χ2v) is 7.03. The van der Waals surface area contributed by atoms with E-state index in [9.17, 15) is 14.9 Å². The monoisotopic (exact) mass is 431 g/mol. The number of ether oxygens (including phenoxy) is 2. The predicted octanol–water partition coefficient (Wildman–Crippen LogP) is 2.90. The number of carbonyl (C=O) groups is 2. The number of anilines is 1. The molecule has 27 heavy (non-hydrogen) atoms. The topological polar surface area (TPSA) is 114 Å². The van der Waals surface area contributed by atoms with Crippen molar-refractivity contribution in [2.24, 2.45) is 5.73 Å². The summed E-state index contributed by atoms with van der Waals surface area (Å²) >= 11 is 3.44. The van der Waals surface area contributed by atoms with E-state index in [0.29, 0.717) is 17.7 Å². The molecule has 3 N–H and O–H groups in total.